The van der Waals surface area contributed by atoms with Crippen molar-refractivity contribution in [3.05, 3.63) is 28.7 Å². The molecule has 2 N–H and O–H groups in total. The first kappa shape index (κ1) is 19.8. The van der Waals surface area contributed by atoms with Crippen molar-refractivity contribution >= 4 is 51.1 Å². The van der Waals surface area contributed by atoms with Gasteiger partial charge in [-0.3, -0.25) is 4.79 Å². The third-order valence-electron chi connectivity index (χ3n) is 4.98. The van der Waals surface area contributed by atoms with Gasteiger partial charge in [0.2, 0.25) is 5.91 Å². The van der Waals surface area contributed by atoms with E-state index >= 15 is 0 Å². The molecule has 0 aromatic carbocycles. The van der Waals surface area contributed by atoms with E-state index in [4.69, 9.17) is 4.74 Å². The number of nitrogens with one attached hydrogen (secondary N) is 2. The first-order valence-electron chi connectivity index (χ1n) is 9.32. The van der Waals surface area contributed by atoms with E-state index in [0.717, 1.165) is 29.7 Å². The summed E-state index contributed by atoms with van der Waals surface area (Å²) in [6.07, 6.45) is 5.76. The largest absolute Gasteiger partial charge is 0.465 e. The van der Waals surface area contributed by atoms with Crippen molar-refractivity contribution in [1.29, 1.82) is 0 Å². The van der Waals surface area contributed by atoms with Gasteiger partial charge in [0.25, 0.3) is 0 Å². The number of thiophene rings is 1. The summed E-state index contributed by atoms with van der Waals surface area (Å²) in [6.45, 7) is 4.01. The normalized spacial score (nSPS) is 17.0. The summed E-state index contributed by atoms with van der Waals surface area (Å²) in [5.74, 6) is -0.0278. The lowest BCUT2D eigenvalue weighted by molar-refractivity contribution is -0.115. The van der Waals surface area contributed by atoms with Gasteiger partial charge in [-0.1, -0.05) is 18.7 Å². The number of thioether (sulfide) groups is 1. The fraction of sp³-hybridized carbons (Fsp3) is 0.421. The molecule has 2 unspecified atom stereocenters. The summed E-state index contributed by atoms with van der Waals surface area (Å²) in [6, 6.07) is 0. The number of hydrogen-bond acceptors (Lipinski definition) is 8. The van der Waals surface area contributed by atoms with Crippen molar-refractivity contribution in [1.82, 2.24) is 19.9 Å². The lowest BCUT2D eigenvalue weighted by atomic mass is 9.88. The van der Waals surface area contributed by atoms with Crippen LogP contribution < -0.4 is 5.32 Å². The predicted octanol–water partition coefficient (Wildman–Crippen LogP) is 3.45. The Labute approximate surface area is 175 Å². The molecule has 0 spiro atoms. The summed E-state index contributed by atoms with van der Waals surface area (Å²) in [4.78, 5) is 41.9. The van der Waals surface area contributed by atoms with E-state index in [0.29, 0.717) is 32.7 Å². The van der Waals surface area contributed by atoms with E-state index in [1.54, 1.807) is 13.3 Å². The Morgan fingerprint density at radius 3 is 3.00 bits per heavy atom. The van der Waals surface area contributed by atoms with Crippen LogP contribution >= 0.6 is 23.1 Å². The molecule has 0 radical (unpaired) electrons. The molecule has 10 heteroatoms. The first-order chi connectivity index (χ1) is 14.0. The van der Waals surface area contributed by atoms with Gasteiger partial charge < -0.3 is 15.0 Å². The maximum absolute atomic E-state index is 12.9. The van der Waals surface area contributed by atoms with E-state index in [9.17, 15) is 9.59 Å². The lowest BCUT2D eigenvalue weighted by Gasteiger charge is -2.18. The van der Waals surface area contributed by atoms with Gasteiger partial charge >= 0.3 is 5.97 Å². The molecule has 1 aliphatic rings. The van der Waals surface area contributed by atoms with Gasteiger partial charge in [0.1, 0.15) is 21.9 Å². The van der Waals surface area contributed by atoms with Crippen LogP contribution in [0.4, 0.5) is 5.00 Å². The molecule has 1 amide bonds. The van der Waals surface area contributed by atoms with E-state index in [2.05, 4.69) is 32.2 Å². The van der Waals surface area contributed by atoms with Crippen molar-refractivity contribution in [2.24, 2.45) is 5.92 Å². The Bertz CT molecular complexity index is 1080. The molecule has 152 valence electrons. The minimum absolute atomic E-state index is 0.196. The smallest absolute Gasteiger partial charge is 0.341 e. The van der Waals surface area contributed by atoms with E-state index < -0.39 is 11.2 Å². The molecule has 3 heterocycles. The molecule has 0 aliphatic heterocycles. The monoisotopic (exact) mass is 431 g/mol. The molecule has 29 heavy (non-hydrogen) atoms. The standard InChI is InChI=1S/C19H21N5O3S2/c1-9-4-5-11-12(6-9)29-17(13(11)19(26)27-3)24-16(25)10(2)28-18-14-15(21-7-20-14)22-8-23-18/h7-10H,4-6H2,1-3H3,(H,24,25)(H,20,21,22,23). The Morgan fingerprint density at radius 1 is 1.38 bits per heavy atom. The van der Waals surface area contributed by atoms with Gasteiger partial charge in [0.05, 0.1) is 24.3 Å². The van der Waals surface area contributed by atoms with Crippen molar-refractivity contribution in [2.75, 3.05) is 12.4 Å². The number of amides is 1. The molecule has 1 aliphatic carbocycles. The molecule has 0 fully saturated rings. The molecule has 3 aromatic heterocycles. The minimum Gasteiger partial charge on any atom is -0.465 e. The number of aromatic nitrogens is 4. The van der Waals surface area contributed by atoms with E-state index in [1.165, 1.54) is 36.5 Å². The van der Waals surface area contributed by atoms with Crippen LogP contribution in [0.3, 0.4) is 0 Å². The number of imidazole rings is 1. The second kappa shape index (κ2) is 8.11. The van der Waals surface area contributed by atoms with Crippen LogP contribution in [-0.2, 0) is 22.4 Å². The number of rotatable bonds is 5. The topological polar surface area (TPSA) is 110 Å². The third-order valence-corrected chi connectivity index (χ3v) is 7.25. The highest BCUT2D eigenvalue weighted by atomic mass is 32.2. The van der Waals surface area contributed by atoms with E-state index in [-0.39, 0.29) is 5.91 Å². The number of esters is 1. The van der Waals surface area contributed by atoms with Crippen LogP contribution in [0.1, 0.15) is 41.1 Å². The zero-order valence-electron chi connectivity index (χ0n) is 16.3. The highest BCUT2D eigenvalue weighted by Crippen LogP contribution is 2.40. The summed E-state index contributed by atoms with van der Waals surface area (Å²) in [7, 11) is 1.37. The number of anilines is 1. The van der Waals surface area contributed by atoms with Crippen LogP contribution in [0.25, 0.3) is 11.2 Å². The number of H-pyrrole nitrogens is 1. The second-order valence-corrected chi connectivity index (χ2v) is 9.51. The molecule has 8 nitrogen and oxygen atoms in total. The average Bonchev–Trinajstić information content (AvgIpc) is 3.31. The van der Waals surface area contributed by atoms with E-state index in [1.807, 2.05) is 0 Å². The first-order valence-corrected chi connectivity index (χ1v) is 11.0. The number of aromatic amines is 1. The van der Waals surface area contributed by atoms with Crippen molar-refractivity contribution in [3.63, 3.8) is 0 Å². The zero-order chi connectivity index (χ0) is 20.5. The quantitative estimate of drug-likeness (QED) is 0.362. The van der Waals surface area contributed by atoms with Gasteiger partial charge in [0.15, 0.2) is 5.65 Å². The summed E-state index contributed by atoms with van der Waals surface area (Å²) < 4.78 is 4.99. The van der Waals surface area contributed by atoms with Gasteiger partial charge in [-0.25, -0.2) is 19.7 Å². The zero-order valence-corrected chi connectivity index (χ0v) is 17.9. The molecular weight excluding hydrogens is 410 g/mol. The maximum Gasteiger partial charge on any atom is 0.341 e. The number of hydrogen-bond donors (Lipinski definition) is 2. The van der Waals surface area contributed by atoms with Crippen molar-refractivity contribution in [2.45, 2.75) is 43.4 Å². The summed E-state index contributed by atoms with van der Waals surface area (Å²) >= 11 is 2.80. The minimum atomic E-state index is -0.431. The highest BCUT2D eigenvalue weighted by molar-refractivity contribution is 8.00. The summed E-state index contributed by atoms with van der Waals surface area (Å²) in [5, 5.41) is 3.75. The van der Waals surface area contributed by atoms with Gasteiger partial charge in [-0.2, -0.15) is 0 Å². The van der Waals surface area contributed by atoms with Gasteiger partial charge in [-0.05, 0) is 37.7 Å². The number of nitrogens with zero attached hydrogens (tertiary/aromatic N) is 3. The maximum atomic E-state index is 12.9. The fourth-order valence-electron chi connectivity index (χ4n) is 3.42. The summed E-state index contributed by atoms with van der Waals surface area (Å²) in [5.41, 5.74) is 2.78. The number of carbonyl (C=O) groups excluding carboxylic acids is 2. The molecule has 0 saturated carbocycles. The Balaban J connectivity index is 1.56. The van der Waals surface area contributed by atoms with Crippen LogP contribution in [0.15, 0.2) is 17.7 Å². The Hall–Kier alpha value is -2.46. The molecule has 0 saturated heterocycles. The third kappa shape index (κ3) is 3.86. The van der Waals surface area contributed by atoms with Crippen molar-refractivity contribution < 1.29 is 14.3 Å². The number of methoxy groups -OCH3 is 1. The van der Waals surface area contributed by atoms with Gasteiger partial charge in [0, 0.05) is 4.88 Å². The number of carbonyl (C=O) groups is 2. The highest BCUT2D eigenvalue weighted by Gasteiger charge is 2.30. The fourth-order valence-corrected chi connectivity index (χ4v) is 5.70. The molecule has 0 bridgehead atoms. The number of ether oxygens (including phenoxy) is 1. The van der Waals surface area contributed by atoms with Gasteiger partial charge in [-0.15, -0.1) is 11.3 Å². The average molecular weight is 432 g/mol. The van der Waals surface area contributed by atoms with Crippen LogP contribution in [0.5, 0.6) is 0 Å². The number of fused-ring (bicyclic) bond motifs is 2. The SMILES string of the molecule is COC(=O)c1c(NC(=O)C(C)Sc2ncnc3nc[nH]c23)sc2c1CCC(C)C2. The van der Waals surface area contributed by atoms with Crippen LogP contribution in [0, 0.1) is 5.92 Å². The Morgan fingerprint density at radius 2 is 2.21 bits per heavy atom. The van der Waals surface area contributed by atoms with Crippen molar-refractivity contribution in [3.8, 4) is 0 Å². The molecule has 3 aromatic rings. The Kier molecular flexibility index (Phi) is 5.55. The molecule has 4 rings (SSSR count). The predicted molar refractivity (Wildman–Crippen MR) is 112 cm³/mol. The second-order valence-electron chi connectivity index (χ2n) is 7.08. The molecular formula is C19H21N5O3S2. The lowest BCUT2D eigenvalue weighted by Crippen LogP contribution is -2.23. The van der Waals surface area contributed by atoms with Crippen LogP contribution in [0.2, 0.25) is 0 Å². The van der Waals surface area contributed by atoms with Crippen LogP contribution in [-0.4, -0.2) is 44.2 Å². The molecule has 2 atom stereocenters.